The van der Waals surface area contributed by atoms with E-state index in [9.17, 15) is 4.79 Å². The Labute approximate surface area is 134 Å². The van der Waals surface area contributed by atoms with Crippen LogP contribution in [0.3, 0.4) is 0 Å². The fourth-order valence-electron chi connectivity index (χ4n) is 2.75. The number of carbonyl (C=O) groups excluding carboxylic acids is 1. The average molecular weight is 319 g/mol. The predicted octanol–water partition coefficient (Wildman–Crippen LogP) is 2.19. The summed E-state index contributed by atoms with van der Waals surface area (Å²) in [4.78, 5) is 19.8. The summed E-state index contributed by atoms with van der Waals surface area (Å²) in [7, 11) is 1.92. The second kappa shape index (κ2) is 6.08. The maximum atomic E-state index is 12.3. The minimum absolute atomic E-state index is 0.00287. The third-order valence-electron chi connectivity index (χ3n) is 4.14. The zero-order valence-electron chi connectivity index (χ0n) is 13.2. The van der Waals surface area contributed by atoms with Gasteiger partial charge in [-0.1, -0.05) is 0 Å². The summed E-state index contributed by atoms with van der Waals surface area (Å²) in [6.07, 6.45) is 4.93. The molecule has 1 saturated heterocycles. The highest BCUT2D eigenvalue weighted by Gasteiger charge is 2.28. The number of thiazole rings is 1. The van der Waals surface area contributed by atoms with Crippen molar-refractivity contribution in [3.8, 4) is 0 Å². The lowest BCUT2D eigenvalue weighted by Crippen LogP contribution is -2.37. The van der Waals surface area contributed by atoms with Crippen molar-refractivity contribution >= 4 is 17.4 Å². The molecule has 1 fully saturated rings. The molecule has 2 aromatic heterocycles. The molecule has 7 heteroatoms. The summed E-state index contributed by atoms with van der Waals surface area (Å²) in [6.45, 7) is 6.11. The van der Waals surface area contributed by atoms with E-state index in [-0.39, 0.29) is 6.03 Å². The SMILES string of the molecule is Cc1nc(CNC(=O)N2CCC(c3cnn(C)c3)C2)sc1C. The van der Waals surface area contributed by atoms with Crippen molar-refractivity contribution < 1.29 is 4.79 Å². The topological polar surface area (TPSA) is 63.1 Å². The number of aromatic nitrogens is 3. The first kappa shape index (κ1) is 15.0. The molecule has 0 bridgehead atoms. The third-order valence-corrected chi connectivity index (χ3v) is 5.21. The second-order valence-electron chi connectivity index (χ2n) is 5.79. The van der Waals surface area contributed by atoms with Crippen LogP contribution in [0.1, 0.15) is 33.5 Å². The van der Waals surface area contributed by atoms with Gasteiger partial charge in [0, 0.05) is 37.1 Å². The average Bonchev–Trinajstić information content (AvgIpc) is 3.18. The molecule has 0 spiro atoms. The van der Waals surface area contributed by atoms with Gasteiger partial charge in [0.2, 0.25) is 0 Å². The van der Waals surface area contributed by atoms with E-state index >= 15 is 0 Å². The van der Waals surface area contributed by atoms with E-state index in [4.69, 9.17) is 0 Å². The highest BCUT2D eigenvalue weighted by molar-refractivity contribution is 7.11. The Morgan fingerprint density at radius 1 is 1.50 bits per heavy atom. The van der Waals surface area contributed by atoms with Gasteiger partial charge < -0.3 is 10.2 Å². The normalized spacial score (nSPS) is 18.0. The van der Waals surface area contributed by atoms with E-state index in [0.717, 1.165) is 30.2 Å². The van der Waals surface area contributed by atoms with Crippen LogP contribution in [0.25, 0.3) is 0 Å². The van der Waals surface area contributed by atoms with Crippen LogP contribution in [0.15, 0.2) is 12.4 Å². The minimum Gasteiger partial charge on any atom is -0.331 e. The molecular weight excluding hydrogens is 298 g/mol. The first-order chi connectivity index (χ1) is 10.5. The highest BCUT2D eigenvalue weighted by atomic mass is 32.1. The number of nitrogens with zero attached hydrogens (tertiary/aromatic N) is 4. The van der Waals surface area contributed by atoms with Gasteiger partial charge in [-0.05, 0) is 25.8 Å². The highest BCUT2D eigenvalue weighted by Crippen LogP contribution is 2.26. The van der Waals surface area contributed by atoms with Crippen molar-refractivity contribution in [1.82, 2.24) is 25.0 Å². The number of aryl methyl sites for hydroxylation is 3. The summed E-state index contributed by atoms with van der Waals surface area (Å²) in [5, 5.41) is 8.15. The van der Waals surface area contributed by atoms with Crippen LogP contribution in [0.4, 0.5) is 4.79 Å². The molecule has 2 aromatic rings. The molecule has 1 aliphatic heterocycles. The molecular formula is C15H21N5OS. The molecule has 3 rings (SSSR count). The molecule has 1 atom stereocenters. The zero-order valence-corrected chi connectivity index (χ0v) is 14.0. The smallest absolute Gasteiger partial charge is 0.317 e. The molecule has 0 aromatic carbocycles. The van der Waals surface area contributed by atoms with Crippen molar-refractivity contribution in [2.45, 2.75) is 32.7 Å². The lowest BCUT2D eigenvalue weighted by Gasteiger charge is -2.16. The van der Waals surface area contributed by atoms with Crippen molar-refractivity contribution in [2.24, 2.45) is 7.05 Å². The predicted molar refractivity (Wildman–Crippen MR) is 86.0 cm³/mol. The zero-order chi connectivity index (χ0) is 15.7. The van der Waals surface area contributed by atoms with Crippen molar-refractivity contribution in [2.75, 3.05) is 13.1 Å². The number of urea groups is 1. The van der Waals surface area contributed by atoms with Gasteiger partial charge in [0.1, 0.15) is 5.01 Å². The minimum atomic E-state index is -0.00287. The summed E-state index contributed by atoms with van der Waals surface area (Å²) < 4.78 is 1.81. The number of likely N-dealkylation sites (tertiary alicyclic amines) is 1. The van der Waals surface area contributed by atoms with Gasteiger partial charge in [0.05, 0.1) is 18.4 Å². The fraction of sp³-hybridized carbons (Fsp3) is 0.533. The van der Waals surface area contributed by atoms with Crippen LogP contribution < -0.4 is 5.32 Å². The molecule has 0 radical (unpaired) electrons. The van der Waals surface area contributed by atoms with E-state index in [1.165, 1.54) is 10.4 Å². The number of nitrogens with one attached hydrogen (secondary N) is 1. The van der Waals surface area contributed by atoms with Crippen LogP contribution in [-0.2, 0) is 13.6 Å². The monoisotopic (exact) mass is 319 g/mol. The molecule has 1 N–H and O–H groups in total. The molecule has 3 heterocycles. The van der Waals surface area contributed by atoms with Gasteiger partial charge in [-0.15, -0.1) is 11.3 Å². The van der Waals surface area contributed by atoms with E-state index in [2.05, 4.69) is 22.3 Å². The van der Waals surface area contributed by atoms with E-state index in [1.54, 1.807) is 11.3 Å². The number of amides is 2. The van der Waals surface area contributed by atoms with Crippen LogP contribution in [0.5, 0.6) is 0 Å². The molecule has 1 unspecified atom stereocenters. The first-order valence-electron chi connectivity index (χ1n) is 7.47. The fourth-order valence-corrected chi connectivity index (χ4v) is 3.62. The standard InChI is InChI=1S/C15H21N5OS/c1-10-11(2)22-14(18-10)7-16-15(21)20-5-4-12(9-20)13-6-17-19(3)8-13/h6,8,12H,4-5,7,9H2,1-3H3,(H,16,21). The molecule has 118 valence electrons. The van der Waals surface area contributed by atoms with Crippen LogP contribution in [0, 0.1) is 13.8 Å². The molecule has 0 saturated carbocycles. The van der Waals surface area contributed by atoms with E-state index in [1.807, 2.05) is 35.9 Å². The van der Waals surface area contributed by atoms with Gasteiger partial charge in [-0.25, -0.2) is 9.78 Å². The van der Waals surface area contributed by atoms with Crippen molar-refractivity contribution in [1.29, 1.82) is 0 Å². The lowest BCUT2D eigenvalue weighted by atomic mass is 10.0. The van der Waals surface area contributed by atoms with Crippen LogP contribution in [0.2, 0.25) is 0 Å². The molecule has 2 amide bonds. The first-order valence-corrected chi connectivity index (χ1v) is 8.29. The number of hydrogen-bond acceptors (Lipinski definition) is 4. The summed E-state index contributed by atoms with van der Waals surface area (Å²) in [5.74, 6) is 0.392. The van der Waals surface area contributed by atoms with E-state index in [0.29, 0.717) is 12.5 Å². The second-order valence-corrected chi connectivity index (χ2v) is 7.07. The van der Waals surface area contributed by atoms with Crippen LogP contribution >= 0.6 is 11.3 Å². The van der Waals surface area contributed by atoms with Crippen molar-refractivity contribution in [3.63, 3.8) is 0 Å². The Morgan fingerprint density at radius 3 is 2.95 bits per heavy atom. The van der Waals surface area contributed by atoms with Gasteiger partial charge >= 0.3 is 6.03 Å². The van der Waals surface area contributed by atoms with Crippen molar-refractivity contribution in [3.05, 3.63) is 33.5 Å². The quantitative estimate of drug-likeness (QED) is 0.943. The number of rotatable bonds is 3. The lowest BCUT2D eigenvalue weighted by molar-refractivity contribution is 0.208. The Morgan fingerprint density at radius 2 is 2.32 bits per heavy atom. The summed E-state index contributed by atoms with van der Waals surface area (Å²) in [5.41, 5.74) is 2.26. The van der Waals surface area contributed by atoms with Gasteiger partial charge in [-0.3, -0.25) is 4.68 Å². The molecule has 22 heavy (non-hydrogen) atoms. The Hall–Kier alpha value is -1.89. The molecule has 0 aliphatic carbocycles. The third kappa shape index (κ3) is 3.14. The number of hydrogen-bond donors (Lipinski definition) is 1. The Bertz CT molecular complexity index is 658. The largest absolute Gasteiger partial charge is 0.331 e. The van der Waals surface area contributed by atoms with Crippen LogP contribution in [-0.4, -0.2) is 38.8 Å². The summed E-state index contributed by atoms with van der Waals surface area (Å²) in [6, 6.07) is -0.00287. The van der Waals surface area contributed by atoms with Gasteiger partial charge in [0.15, 0.2) is 0 Å². The van der Waals surface area contributed by atoms with Gasteiger partial charge in [0.25, 0.3) is 0 Å². The Balaban J connectivity index is 1.53. The molecule has 1 aliphatic rings. The maximum Gasteiger partial charge on any atom is 0.317 e. The summed E-state index contributed by atoms with van der Waals surface area (Å²) >= 11 is 1.64. The number of carbonyl (C=O) groups is 1. The maximum absolute atomic E-state index is 12.3. The van der Waals surface area contributed by atoms with E-state index < -0.39 is 0 Å². The molecule has 6 nitrogen and oxygen atoms in total. The Kier molecular flexibility index (Phi) is 4.15. The van der Waals surface area contributed by atoms with Gasteiger partial charge in [-0.2, -0.15) is 5.10 Å².